The fraction of sp³-hybridized carbons (Fsp3) is 0.139. The number of rotatable bonds is 11. The van der Waals surface area contributed by atoms with Crippen molar-refractivity contribution in [2.24, 2.45) is 0 Å². The first-order valence-electron chi connectivity index (χ1n) is 15.1. The van der Waals surface area contributed by atoms with E-state index in [1.807, 2.05) is 102 Å². The SMILES string of the molecule is CN(C)CC(=O)NCCc1ccc(Nc2nccc(-c3c(-c4cccc(NC(=O)c5ccccc5Cl)c4)nc4ccccn34)n2)cc1. The molecular weight excluding hydrogens is 612 g/mol. The number of fused-ring (bicyclic) bond motifs is 1. The summed E-state index contributed by atoms with van der Waals surface area (Å²) in [5.74, 6) is 0.144. The lowest BCUT2D eigenvalue weighted by molar-refractivity contribution is -0.121. The number of aromatic nitrogens is 4. The molecule has 0 unspecified atom stereocenters. The van der Waals surface area contributed by atoms with Gasteiger partial charge in [-0.2, -0.15) is 0 Å². The largest absolute Gasteiger partial charge is 0.355 e. The highest BCUT2D eigenvalue weighted by molar-refractivity contribution is 6.34. The summed E-state index contributed by atoms with van der Waals surface area (Å²) < 4.78 is 1.99. The van der Waals surface area contributed by atoms with E-state index in [0.29, 0.717) is 46.7 Å². The lowest BCUT2D eigenvalue weighted by atomic mass is 10.1. The van der Waals surface area contributed by atoms with Crippen molar-refractivity contribution in [3.63, 3.8) is 0 Å². The van der Waals surface area contributed by atoms with Crippen LogP contribution >= 0.6 is 11.6 Å². The maximum absolute atomic E-state index is 13.0. The Bertz CT molecular complexity index is 2040. The first-order chi connectivity index (χ1) is 22.8. The summed E-state index contributed by atoms with van der Waals surface area (Å²) in [4.78, 5) is 41.0. The molecule has 0 aliphatic heterocycles. The number of halogens is 1. The van der Waals surface area contributed by atoms with Gasteiger partial charge in [-0.3, -0.25) is 14.0 Å². The van der Waals surface area contributed by atoms with Gasteiger partial charge in [-0.1, -0.05) is 54.1 Å². The summed E-state index contributed by atoms with van der Waals surface area (Å²) in [6.45, 7) is 0.941. The highest BCUT2D eigenvalue weighted by atomic mass is 35.5. The smallest absolute Gasteiger partial charge is 0.257 e. The predicted molar refractivity (Wildman–Crippen MR) is 186 cm³/mol. The van der Waals surface area contributed by atoms with Crippen molar-refractivity contribution in [3.05, 3.63) is 126 Å². The van der Waals surface area contributed by atoms with E-state index >= 15 is 0 Å². The average Bonchev–Trinajstić information content (AvgIpc) is 3.46. The summed E-state index contributed by atoms with van der Waals surface area (Å²) >= 11 is 6.25. The second kappa shape index (κ2) is 14.2. The molecule has 0 saturated carbocycles. The molecule has 6 aromatic rings. The van der Waals surface area contributed by atoms with E-state index in [1.165, 1.54) is 0 Å². The summed E-state index contributed by atoms with van der Waals surface area (Å²) in [5, 5.41) is 9.58. The first-order valence-corrected chi connectivity index (χ1v) is 15.5. The third-order valence-electron chi connectivity index (χ3n) is 7.35. The normalized spacial score (nSPS) is 11.1. The topological polar surface area (TPSA) is 117 Å². The van der Waals surface area contributed by atoms with E-state index in [1.54, 1.807) is 30.5 Å². The van der Waals surface area contributed by atoms with Crippen LogP contribution in [0.5, 0.6) is 0 Å². The lowest BCUT2D eigenvalue weighted by Gasteiger charge is -2.11. The molecule has 0 fully saturated rings. The van der Waals surface area contributed by atoms with Crippen molar-refractivity contribution in [1.29, 1.82) is 0 Å². The zero-order valence-electron chi connectivity index (χ0n) is 25.9. The second-order valence-corrected chi connectivity index (χ2v) is 11.6. The number of amides is 2. The Hall–Kier alpha value is -5.58. The predicted octanol–water partition coefficient (Wildman–Crippen LogP) is 6.33. The summed E-state index contributed by atoms with van der Waals surface area (Å²) in [5.41, 5.74) is 6.68. The summed E-state index contributed by atoms with van der Waals surface area (Å²) in [7, 11) is 3.74. The van der Waals surface area contributed by atoms with Crippen molar-refractivity contribution in [1.82, 2.24) is 29.6 Å². The Morgan fingerprint density at radius 2 is 1.68 bits per heavy atom. The summed E-state index contributed by atoms with van der Waals surface area (Å²) in [6.07, 6.45) is 4.39. The van der Waals surface area contributed by atoms with Gasteiger partial charge in [0, 0.05) is 35.9 Å². The zero-order valence-corrected chi connectivity index (χ0v) is 26.7. The Kier molecular flexibility index (Phi) is 9.51. The van der Waals surface area contributed by atoms with Gasteiger partial charge < -0.3 is 20.9 Å². The monoisotopic (exact) mass is 644 g/mol. The van der Waals surface area contributed by atoms with Crippen molar-refractivity contribution in [3.8, 4) is 22.6 Å². The maximum Gasteiger partial charge on any atom is 0.257 e. The van der Waals surface area contributed by atoms with E-state index in [2.05, 4.69) is 20.9 Å². The fourth-order valence-corrected chi connectivity index (χ4v) is 5.38. The number of imidazole rings is 1. The molecule has 3 aromatic heterocycles. The van der Waals surface area contributed by atoms with Gasteiger partial charge in [0.05, 0.1) is 34.2 Å². The number of nitrogens with one attached hydrogen (secondary N) is 3. The molecule has 6 rings (SSSR count). The van der Waals surface area contributed by atoms with Crippen LogP contribution in [-0.4, -0.2) is 63.3 Å². The van der Waals surface area contributed by atoms with Gasteiger partial charge in [0.2, 0.25) is 11.9 Å². The molecule has 0 aliphatic rings. The van der Waals surface area contributed by atoms with Crippen molar-refractivity contribution < 1.29 is 9.59 Å². The van der Waals surface area contributed by atoms with Crippen LogP contribution < -0.4 is 16.0 Å². The Morgan fingerprint density at radius 1 is 0.872 bits per heavy atom. The highest BCUT2D eigenvalue weighted by Gasteiger charge is 2.19. The number of nitrogens with zero attached hydrogens (tertiary/aromatic N) is 5. The van der Waals surface area contributed by atoms with Crippen LogP contribution in [0.4, 0.5) is 17.3 Å². The van der Waals surface area contributed by atoms with Crippen LogP contribution in [0.2, 0.25) is 5.02 Å². The number of hydrogen-bond acceptors (Lipinski definition) is 7. The van der Waals surface area contributed by atoms with Gasteiger partial charge in [0.1, 0.15) is 5.65 Å². The van der Waals surface area contributed by atoms with Crippen molar-refractivity contribution in [2.75, 3.05) is 37.8 Å². The third kappa shape index (κ3) is 7.63. The quantitative estimate of drug-likeness (QED) is 0.151. The minimum Gasteiger partial charge on any atom is -0.355 e. The van der Waals surface area contributed by atoms with Crippen LogP contribution in [0.25, 0.3) is 28.3 Å². The summed E-state index contributed by atoms with van der Waals surface area (Å²) in [6, 6.07) is 30.1. The standard InChI is InChI=1S/C36H33ClN8O2/c1-44(2)23-32(46)38-19-17-24-13-15-26(16-14-24)41-36-39-20-18-30(42-36)34-33(43-31-12-5-6-21-45(31)34)25-8-7-9-27(22-25)40-35(47)28-10-3-4-11-29(28)37/h3-16,18,20-22H,17,19,23H2,1-2H3,(H,38,46)(H,40,47)(H,39,41,42). The Morgan fingerprint density at radius 3 is 2.49 bits per heavy atom. The second-order valence-electron chi connectivity index (χ2n) is 11.2. The molecule has 0 aliphatic carbocycles. The molecule has 3 aromatic carbocycles. The van der Waals surface area contributed by atoms with Gasteiger partial charge in [0.15, 0.2) is 0 Å². The molecule has 2 amide bonds. The minimum absolute atomic E-state index is 0.00679. The molecule has 10 nitrogen and oxygen atoms in total. The van der Waals surface area contributed by atoms with Crippen LogP contribution in [0.15, 0.2) is 109 Å². The fourth-order valence-electron chi connectivity index (χ4n) is 5.15. The van der Waals surface area contributed by atoms with Crippen LogP contribution in [0, 0.1) is 0 Å². The Balaban J connectivity index is 1.23. The number of pyridine rings is 1. The number of anilines is 3. The molecule has 0 atom stereocenters. The van der Waals surface area contributed by atoms with Gasteiger partial charge in [-0.15, -0.1) is 0 Å². The van der Waals surface area contributed by atoms with Crippen LogP contribution in [0.3, 0.4) is 0 Å². The zero-order chi connectivity index (χ0) is 32.8. The molecule has 3 heterocycles. The molecule has 236 valence electrons. The molecular formula is C36H33ClN8O2. The highest BCUT2D eigenvalue weighted by Crippen LogP contribution is 2.33. The van der Waals surface area contributed by atoms with Crippen LogP contribution in [-0.2, 0) is 11.2 Å². The van der Waals surface area contributed by atoms with Gasteiger partial charge in [-0.25, -0.2) is 15.0 Å². The van der Waals surface area contributed by atoms with Crippen LogP contribution in [0.1, 0.15) is 15.9 Å². The minimum atomic E-state index is -0.297. The number of likely N-dealkylation sites (N-methyl/N-ethyl adjacent to an activating group) is 1. The molecule has 0 radical (unpaired) electrons. The van der Waals surface area contributed by atoms with E-state index < -0.39 is 0 Å². The number of carbonyl (C=O) groups excluding carboxylic acids is 2. The van der Waals surface area contributed by atoms with E-state index in [9.17, 15) is 9.59 Å². The first kappa shape index (κ1) is 31.4. The van der Waals surface area contributed by atoms with Crippen molar-refractivity contribution in [2.45, 2.75) is 6.42 Å². The molecule has 3 N–H and O–H groups in total. The molecule has 0 spiro atoms. The van der Waals surface area contributed by atoms with Gasteiger partial charge in [-0.05, 0) is 80.7 Å². The molecule has 47 heavy (non-hydrogen) atoms. The molecule has 11 heteroatoms. The molecule has 0 saturated heterocycles. The van der Waals surface area contributed by atoms with Crippen molar-refractivity contribution >= 4 is 46.4 Å². The van der Waals surface area contributed by atoms with E-state index in [-0.39, 0.29) is 11.8 Å². The number of hydrogen-bond donors (Lipinski definition) is 3. The Labute approximate surface area is 277 Å². The number of benzene rings is 3. The average molecular weight is 645 g/mol. The maximum atomic E-state index is 13.0. The third-order valence-corrected chi connectivity index (χ3v) is 7.68. The molecule has 0 bridgehead atoms. The lowest BCUT2D eigenvalue weighted by Crippen LogP contribution is -2.34. The van der Waals surface area contributed by atoms with E-state index in [0.717, 1.165) is 34.6 Å². The van der Waals surface area contributed by atoms with E-state index in [4.69, 9.17) is 21.6 Å². The van der Waals surface area contributed by atoms with Gasteiger partial charge in [0.25, 0.3) is 5.91 Å². The van der Waals surface area contributed by atoms with Gasteiger partial charge >= 0.3 is 0 Å². The number of carbonyl (C=O) groups is 2.